The van der Waals surface area contributed by atoms with Crippen LogP contribution in [0.15, 0.2) is 16.7 Å². The number of aliphatic carboxylic acids is 1. The van der Waals surface area contributed by atoms with Crippen molar-refractivity contribution in [1.82, 2.24) is 4.98 Å². The lowest BCUT2D eigenvalue weighted by atomic mass is 9.97. The number of carboxylic acids is 1. The van der Waals surface area contributed by atoms with Gasteiger partial charge in [0.1, 0.15) is 5.82 Å². The molecule has 0 saturated carbocycles. The number of piperidine rings is 1. The highest BCUT2D eigenvalue weighted by atomic mass is 79.9. The smallest absolute Gasteiger partial charge is 0.306 e. The first-order chi connectivity index (χ1) is 8.08. The molecule has 4 nitrogen and oxygen atoms in total. The summed E-state index contributed by atoms with van der Waals surface area (Å²) in [6.07, 6.45) is 2.92. The van der Waals surface area contributed by atoms with Gasteiger partial charge in [-0.3, -0.25) is 4.79 Å². The molecule has 6 heteroatoms. The second-order valence-electron chi connectivity index (χ2n) is 4.06. The molecule has 1 saturated heterocycles. The van der Waals surface area contributed by atoms with Gasteiger partial charge in [-0.15, -0.1) is 0 Å². The Morgan fingerprint density at radius 1 is 1.53 bits per heavy atom. The van der Waals surface area contributed by atoms with Gasteiger partial charge in [-0.05, 0) is 34.8 Å². The van der Waals surface area contributed by atoms with E-state index in [0.717, 1.165) is 10.3 Å². The number of carbonyl (C=O) groups is 1. The van der Waals surface area contributed by atoms with Gasteiger partial charge in [0, 0.05) is 19.3 Å². The lowest BCUT2D eigenvalue weighted by molar-refractivity contribution is -0.142. The predicted octanol–water partition coefficient (Wildman–Crippen LogP) is 2.80. The number of rotatable bonds is 2. The summed E-state index contributed by atoms with van der Waals surface area (Å²) < 4.78 is 0.846. The lowest BCUT2D eigenvalue weighted by Crippen LogP contribution is -2.36. The number of carboxylic acid groups (broad SMARTS) is 1. The van der Waals surface area contributed by atoms with Crippen LogP contribution in [-0.2, 0) is 4.79 Å². The van der Waals surface area contributed by atoms with Gasteiger partial charge < -0.3 is 10.0 Å². The molecule has 0 amide bonds. The summed E-state index contributed by atoms with van der Waals surface area (Å²) in [5, 5.41) is 9.51. The summed E-state index contributed by atoms with van der Waals surface area (Å²) in [6.45, 7) is 1.42. The van der Waals surface area contributed by atoms with Crippen molar-refractivity contribution in [2.24, 2.45) is 5.92 Å². The molecule has 1 aromatic rings. The molecule has 0 unspecified atom stereocenters. The molecule has 0 spiro atoms. The van der Waals surface area contributed by atoms with Crippen LogP contribution in [0.2, 0.25) is 5.02 Å². The van der Waals surface area contributed by atoms with Crippen LogP contribution in [-0.4, -0.2) is 29.1 Å². The predicted molar refractivity (Wildman–Crippen MR) is 69.5 cm³/mol. The Bertz CT molecular complexity index is 433. The van der Waals surface area contributed by atoms with Crippen molar-refractivity contribution in [1.29, 1.82) is 0 Å². The van der Waals surface area contributed by atoms with E-state index < -0.39 is 5.97 Å². The molecule has 2 rings (SSSR count). The molecule has 0 aliphatic carbocycles. The molecule has 0 atom stereocenters. The van der Waals surface area contributed by atoms with Crippen LogP contribution in [0.3, 0.4) is 0 Å². The minimum Gasteiger partial charge on any atom is -0.481 e. The zero-order chi connectivity index (χ0) is 12.4. The zero-order valence-corrected chi connectivity index (χ0v) is 11.4. The molecular weight excluding hydrogens is 307 g/mol. The Labute approximate surface area is 113 Å². The average Bonchev–Trinajstić information content (AvgIpc) is 2.29. The summed E-state index contributed by atoms with van der Waals surface area (Å²) in [5.41, 5.74) is 0. The molecule has 2 heterocycles. The van der Waals surface area contributed by atoms with Crippen molar-refractivity contribution in [2.45, 2.75) is 12.8 Å². The average molecular weight is 320 g/mol. The molecule has 92 valence electrons. The molecule has 1 aromatic heterocycles. The fourth-order valence-corrected chi connectivity index (χ4v) is 2.87. The standard InChI is InChI=1S/C11H12BrClN2O2/c12-9-5-8(13)6-14-10(9)15-3-1-7(2-4-15)11(16)17/h5-7H,1-4H2,(H,16,17). The van der Waals surface area contributed by atoms with E-state index in [1.807, 2.05) is 0 Å². The Kier molecular flexibility index (Phi) is 3.89. The van der Waals surface area contributed by atoms with Crippen molar-refractivity contribution in [3.63, 3.8) is 0 Å². The highest BCUT2D eigenvalue weighted by molar-refractivity contribution is 9.10. The van der Waals surface area contributed by atoms with Crippen LogP contribution >= 0.6 is 27.5 Å². The van der Waals surface area contributed by atoms with Crippen LogP contribution in [0.1, 0.15) is 12.8 Å². The van der Waals surface area contributed by atoms with Gasteiger partial charge in [0.15, 0.2) is 0 Å². The first-order valence-electron chi connectivity index (χ1n) is 5.36. The van der Waals surface area contributed by atoms with Crippen molar-refractivity contribution in [2.75, 3.05) is 18.0 Å². The minimum atomic E-state index is -0.701. The molecule has 1 aliphatic heterocycles. The van der Waals surface area contributed by atoms with E-state index in [9.17, 15) is 4.79 Å². The summed E-state index contributed by atoms with van der Waals surface area (Å²) in [7, 11) is 0. The Morgan fingerprint density at radius 2 is 2.18 bits per heavy atom. The van der Waals surface area contributed by atoms with Crippen molar-refractivity contribution >= 4 is 39.3 Å². The SMILES string of the molecule is O=C(O)C1CCN(c2ncc(Cl)cc2Br)CC1. The van der Waals surface area contributed by atoms with Gasteiger partial charge in [0.2, 0.25) is 0 Å². The fourth-order valence-electron chi connectivity index (χ4n) is 1.98. The third kappa shape index (κ3) is 2.90. The number of hydrogen-bond donors (Lipinski definition) is 1. The maximum absolute atomic E-state index is 10.8. The quantitative estimate of drug-likeness (QED) is 0.911. The maximum Gasteiger partial charge on any atom is 0.306 e. The van der Waals surface area contributed by atoms with E-state index in [4.69, 9.17) is 16.7 Å². The molecule has 0 aromatic carbocycles. The summed E-state index contributed by atoms with van der Waals surface area (Å²) >= 11 is 9.25. The first-order valence-corrected chi connectivity index (χ1v) is 6.54. The van der Waals surface area contributed by atoms with Gasteiger partial charge >= 0.3 is 5.97 Å². The normalized spacial score (nSPS) is 17.2. The highest BCUT2D eigenvalue weighted by Gasteiger charge is 2.25. The van der Waals surface area contributed by atoms with E-state index in [-0.39, 0.29) is 5.92 Å². The molecule has 0 bridgehead atoms. The molecule has 1 aliphatic rings. The van der Waals surface area contributed by atoms with E-state index in [1.165, 1.54) is 0 Å². The lowest BCUT2D eigenvalue weighted by Gasteiger charge is -2.31. The number of hydrogen-bond acceptors (Lipinski definition) is 3. The van der Waals surface area contributed by atoms with Gasteiger partial charge in [-0.1, -0.05) is 11.6 Å². The Morgan fingerprint density at radius 3 is 2.71 bits per heavy atom. The van der Waals surface area contributed by atoms with Gasteiger partial charge in [0.25, 0.3) is 0 Å². The van der Waals surface area contributed by atoms with E-state index >= 15 is 0 Å². The van der Waals surface area contributed by atoms with Crippen molar-refractivity contribution in [3.8, 4) is 0 Å². The summed E-state index contributed by atoms with van der Waals surface area (Å²) in [4.78, 5) is 17.2. The highest BCUT2D eigenvalue weighted by Crippen LogP contribution is 2.29. The molecule has 1 N–H and O–H groups in total. The fraction of sp³-hybridized carbons (Fsp3) is 0.455. The number of anilines is 1. The number of nitrogens with zero attached hydrogens (tertiary/aromatic N) is 2. The van der Waals surface area contributed by atoms with Gasteiger partial charge in [-0.2, -0.15) is 0 Å². The third-order valence-corrected chi connectivity index (χ3v) is 3.72. The largest absolute Gasteiger partial charge is 0.481 e. The minimum absolute atomic E-state index is 0.225. The number of pyridine rings is 1. The van der Waals surface area contributed by atoms with Gasteiger partial charge in [-0.25, -0.2) is 4.98 Å². The molecule has 0 radical (unpaired) electrons. The topological polar surface area (TPSA) is 53.4 Å². The second kappa shape index (κ2) is 5.23. The number of aromatic nitrogens is 1. The second-order valence-corrected chi connectivity index (χ2v) is 5.35. The molecule has 1 fully saturated rings. The summed E-state index contributed by atoms with van der Waals surface area (Å²) in [6, 6.07) is 1.80. The summed E-state index contributed by atoms with van der Waals surface area (Å²) in [5.74, 6) is -0.0941. The zero-order valence-electron chi connectivity index (χ0n) is 9.07. The Balaban J connectivity index is 2.08. The van der Waals surface area contributed by atoms with Crippen molar-refractivity contribution < 1.29 is 9.90 Å². The van der Waals surface area contributed by atoms with Crippen molar-refractivity contribution in [3.05, 3.63) is 21.8 Å². The van der Waals surface area contributed by atoms with Crippen LogP contribution in [0.25, 0.3) is 0 Å². The van der Waals surface area contributed by atoms with Gasteiger partial charge in [0.05, 0.1) is 15.4 Å². The van der Waals surface area contributed by atoms with E-state index in [2.05, 4.69) is 25.8 Å². The van der Waals surface area contributed by atoms with E-state index in [1.54, 1.807) is 12.3 Å². The maximum atomic E-state index is 10.8. The molecular formula is C11H12BrClN2O2. The first kappa shape index (κ1) is 12.6. The van der Waals surface area contributed by atoms with E-state index in [0.29, 0.717) is 31.0 Å². The molecule has 17 heavy (non-hydrogen) atoms. The number of halogens is 2. The Hall–Kier alpha value is -0.810. The van der Waals surface area contributed by atoms with Crippen LogP contribution in [0.4, 0.5) is 5.82 Å². The van der Waals surface area contributed by atoms with Crippen LogP contribution in [0.5, 0.6) is 0 Å². The third-order valence-electron chi connectivity index (χ3n) is 2.93. The van der Waals surface area contributed by atoms with Crippen LogP contribution in [0, 0.1) is 5.92 Å². The monoisotopic (exact) mass is 318 g/mol. The van der Waals surface area contributed by atoms with Crippen LogP contribution < -0.4 is 4.90 Å².